The van der Waals surface area contributed by atoms with Crippen LogP contribution in [0.15, 0.2) is 103 Å². The fourth-order valence-electron chi connectivity index (χ4n) is 3.39. The van der Waals surface area contributed by atoms with E-state index in [4.69, 9.17) is 0 Å². The summed E-state index contributed by atoms with van der Waals surface area (Å²) >= 11 is 0. The molecular weight excluding hydrogens is 372 g/mol. The van der Waals surface area contributed by atoms with E-state index < -0.39 is 0 Å². The molecule has 31 heavy (non-hydrogen) atoms. The Balaban J connectivity index is 0.000000459. The van der Waals surface area contributed by atoms with Crippen LogP contribution < -0.4 is 0 Å². The summed E-state index contributed by atoms with van der Waals surface area (Å²) in [5.41, 5.74) is 9.26. The van der Waals surface area contributed by atoms with Gasteiger partial charge in [-0.05, 0) is 44.4 Å². The standard InChI is InChI=1S/C22H22.C7H8.2CH4/c1-16-4-10-19(11-5-16)22(20-12-6-17(2)7-13-20)21-14-8-18(3)9-15-21;1-7-5-3-2-4-6-7;;/h4-15,22H,1-3H3;2-6H,1H3;2*1H4. The molecular formula is C31H38. The van der Waals surface area contributed by atoms with Gasteiger partial charge in [0.05, 0.1) is 0 Å². The molecule has 4 aromatic rings. The molecule has 0 spiro atoms. The van der Waals surface area contributed by atoms with Crippen molar-refractivity contribution in [2.45, 2.75) is 48.5 Å². The summed E-state index contributed by atoms with van der Waals surface area (Å²) in [6.45, 7) is 8.49. The number of hydrogen-bond donors (Lipinski definition) is 0. The predicted molar refractivity (Wildman–Crippen MR) is 139 cm³/mol. The third kappa shape index (κ3) is 7.57. The lowest BCUT2D eigenvalue weighted by atomic mass is 9.84. The van der Waals surface area contributed by atoms with Crippen molar-refractivity contribution in [3.8, 4) is 0 Å². The lowest BCUT2D eigenvalue weighted by Crippen LogP contribution is -2.03. The Morgan fingerprint density at radius 1 is 0.355 bits per heavy atom. The molecule has 162 valence electrons. The van der Waals surface area contributed by atoms with Crippen LogP contribution in [0.4, 0.5) is 0 Å². The van der Waals surface area contributed by atoms with Crippen molar-refractivity contribution in [1.82, 2.24) is 0 Å². The maximum atomic E-state index is 2.25. The minimum atomic E-state index is 0. The van der Waals surface area contributed by atoms with E-state index in [0.717, 1.165) is 0 Å². The van der Waals surface area contributed by atoms with Gasteiger partial charge in [0, 0.05) is 5.92 Å². The van der Waals surface area contributed by atoms with Crippen LogP contribution in [0.1, 0.15) is 59.7 Å². The van der Waals surface area contributed by atoms with Crippen LogP contribution in [0.25, 0.3) is 0 Å². The van der Waals surface area contributed by atoms with E-state index in [2.05, 4.69) is 113 Å². The van der Waals surface area contributed by atoms with Gasteiger partial charge < -0.3 is 0 Å². The Kier molecular flexibility index (Phi) is 10.5. The summed E-state index contributed by atoms with van der Waals surface area (Å²) in [5.74, 6) is 0.293. The van der Waals surface area contributed by atoms with Gasteiger partial charge in [0.25, 0.3) is 0 Å². The Morgan fingerprint density at radius 3 is 0.839 bits per heavy atom. The summed E-state index contributed by atoms with van der Waals surface area (Å²) < 4.78 is 0. The first-order valence-corrected chi connectivity index (χ1v) is 10.2. The maximum absolute atomic E-state index is 2.25. The molecule has 0 fully saturated rings. The maximum Gasteiger partial charge on any atom is 0.0339 e. The number of benzene rings is 4. The van der Waals surface area contributed by atoms with Gasteiger partial charge in [-0.2, -0.15) is 0 Å². The predicted octanol–water partition coefficient (Wildman–Crippen LogP) is 9.06. The Bertz CT molecular complexity index is 884. The fourth-order valence-corrected chi connectivity index (χ4v) is 3.39. The lowest BCUT2D eigenvalue weighted by molar-refractivity contribution is 0.973. The van der Waals surface area contributed by atoms with Crippen LogP contribution in [0.3, 0.4) is 0 Å². The number of rotatable bonds is 3. The molecule has 0 aliphatic carbocycles. The molecule has 0 atom stereocenters. The highest BCUT2D eigenvalue weighted by molar-refractivity contribution is 5.44. The van der Waals surface area contributed by atoms with Crippen LogP contribution in [-0.2, 0) is 0 Å². The van der Waals surface area contributed by atoms with Gasteiger partial charge in [0.15, 0.2) is 0 Å². The first-order valence-electron chi connectivity index (χ1n) is 10.2. The van der Waals surface area contributed by atoms with Crippen molar-refractivity contribution in [1.29, 1.82) is 0 Å². The zero-order valence-electron chi connectivity index (χ0n) is 17.9. The van der Waals surface area contributed by atoms with E-state index in [1.54, 1.807) is 0 Å². The monoisotopic (exact) mass is 410 g/mol. The highest BCUT2D eigenvalue weighted by Crippen LogP contribution is 2.32. The second-order valence-electron chi connectivity index (χ2n) is 7.82. The Labute approximate surface area is 190 Å². The van der Waals surface area contributed by atoms with Gasteiger partial charge in [-0.15, -0.1) is 0 Å². The number of hydrogen-bond acceptors (Lipinski definition) is 0. The summed E-state index contributed by atoms with van der Waals surface area (Å²) in [6, 6.07) is 37.0. The molecule has 0 heteroatoms. The van der Waals surface area contributed by atoms with E-state index in [1.165, 1.54) is 38.9 Å². The van der Waals surface area contributed by atoms with Crippen LogP contribution in [0.2, 0.25) is 0 Å². The van der Waals surface area contributed by atoms with Crippen molar-refractivity contribution < 1.29 is 0 Å². The average molecular weight is 411 g/mol. The average Bonchev–Trinajstić information content (AvgIpc) is 2.73. The van der Waals surface area contributed by atoms with Crippen molar-refractivity contribution in [2.75, 3.05) is 0 Å². The van der Waals surface area contributed by atoms with Gasteiger partial charge in [0.2, 0.25) is 0 Å². The summed E-state index contributed by atoms with van der Waals surface area (Å²) in [5, 5.41) is 0. The summed E-state index contributed by atoms with van der Waals surface area (Å²) in [7, 11) is 0. The topological polar surface area (TPSA) is 0 Å². The third-order valence-electron chi connectivity index (χ3n) is 5.17. The van der Waals surface area contributed by atoms with Crippen molar-refractivity contribution in [2.24, 2.45) is 0 Å². The Hall–Kier alpha value is -3.12. The van der Waals surface area contributed by atoms with Crippen LogP contribution in [0, 0.1) is 27.7 Å². The smallest absolute Gasteiger partial charge is 0.0339 e. The van der Waals surface area contributed by atoms with Crippen molar-refractivity contribution in [3.63, 3.8) is 0 Å². The highest BCUT2D eigenvalue weighted by Gasteiger charge is 2.16. The Morgan fingerprint density at radius 2 is 0.613 bits per heavy atom. The van der Waals surface area contributed by atoms with Crippen molar-refractivity contribution >= 4 is 0 Å². The van der Waals surface area contributed by atoms with Crippen LogP contribution in [-0.4, -0.2) is 0 Å². The first kappa shape index (κ1) is 25.9. The van der Waals surface area contributed by atoms with Gasteiger partial charge in [0.1, 0.15) is 0 Å². The normalized spacial score (nSPS) is 9.71. The molecule has 4 rings (SSSR count). The van der Waals surface area contributed by atoms with Gasteiger partial charge in [-0.1, -0.05) is 140 Å². The second kappa shape index (κ2) is 12.5. The minimum absolute atomic E-state index is 0. The molecule has 0 unspecified atom stereocenters. The molecule has 0 aliphatic heterocycles. The molecule has 0 amide bonds. The van der Waals surface area contributed by atoms with Crippen LogP contribution in [0.5, 0.6) is 0 Å². The molecule has 0 saturated heterocycles. The molecule has 0 aliphatic rings. The van der Waals surface area contributed by atoms with E-state index in [1.807, 2.05) is 18.2 Å². The third-order valence-corrected chi connectivity index (χ3v) is 5.17. The SMILES string of the molecule is C.C.Cc1ccc(C(c2ccc(C)cc2)c2ccc(C)cc2)cc1.Cc1ccccc1. The molecule has 0 aromatic heterocycles. The quantitative estimate of drug-likeness (QED) is 0.295. The molecule has 0 N–H and O–H groups in total. The zero-order valence-corrected chi connectivity index (χ0v) is 17.9. The summed E-state index contributed by atoms with van der Waals surface area (Å²) in [4.78, 5) is 0. The summed E-state index contributed by atoms with van der Waals surface area (Å²) in [6.07, 6.45) is 0. The molecule has 0 nitrogen and oxygen atoms in total. The first-order chi connectivity index (χ1) is 14.0. The molecule has 4 aromatic carbocycles. The van der Waals surface area contributed by atoms with Crippen molar-refractivity contribution in [3.05, 3.63) is 142 Å². The van der Waals surface area contributed by atoms with Gasteiger partial charge >= 0.3 is 0 Å². The van der Waals surface area contributed by atoms with Gasteiger partial charge in [-0.3, -0.25) is 0 Å². The van der Waals surface area contributed by atoms with E-state index >= 15 is 0 Å². The fraction of sp³-hybridized carbons (Fsp3) is 0.226. The second-order valence-corrected chi connectivity index (χ2v) is 7.82. The molecule has 0 radical (unpaired) electrons. The zero-order chi connectivity index (χ0) is 20.6. The van der Waals surface area contributed by atoms with E-state index in [-0.39, 0.29) is 14.9 Å². The number of aryl methyl sites for hydroxylation is 4. The van der Waals surface area contributed by atoms with E-state index in [9.17, 15) is 0 Å². The van der Waals surface area contributed by atoms with E-state index in [0.29, 0.717) is 5.92 Å². The highest BCUT2D eigenvalue weighted by atomic mass is 14.2. The van der Waals surface area contributed by atoms with Gasteiger partial charge in [-0.25, -0.2) is 0 Å². The molecule has 0 bridgehead atoms. The molecule has 0 heterocycles. The largest absolute Gasteiger partial charge is 0.0776 e. The minimum Gasteiger partial charge on any atom is -0.0776 e. The molecule has 0 saturated carbocycles. The van der Waals surface area contributed by atoms with Crippen LogP contribution >= 0.6 is 0 Å². The lowest BCUT2D eigenvalue weighted by Gasteiger charge is -2.19.